The number of anilines is 1. The molecule has 3 rings (SSSR count). The van der Waals surface area contributed by atoms with Crippen LogP contribution in [0.3, 0.4) is 0 Å². The highest BCUT2D eigenvalue weighted by Crippen LogP contribution is 2.22. The molecule has 0 spiro atoms. The van der Waals surface area contributed by atoms with Gasteiger partial charge < -0.3 is 10.3 Å². The van der Waals surface area contributed by atoms with E-state index in [0.717, 1.165) is 16.8 Å². The highest BCUT2D eigenvalue weighted by atomic mass is 32.2. The lowest BCUT2D eigenvalue weighted by Gasteiger charge is -2.08. The summed E-state index contributed by atoms with van der Waals surface area (Å²) in [4.78, 5) is 7.05. The molecule has 2 aromatic carbocycles. The van der Waals surface area contributed by atoms with E-state index in [1.165, 1.54) is 0 Å². The van der Waals surface area contributed by atoms with Gasteiger partial charge in [-0.15, -0.1) is 0 Å². The second-order valence-corrected chi connectivity index (χ2v) is 6.63. The molecule has 3 aromatic rings. The van der Waals surface area contributed by atoms with Gasteiger partial charge in [-0.25, -0.2) is 13.4 Å². The van der Waals surface area contributed by atoms with Crippen LogP contribution >= 0.6 is 0 Å². The van der Waals surface area contributed by atoms with E-state index in [-0.39, 0.29) is 10.9 Å². The maximum absolute atomic E-state index is 12.5. The van der Waals surface area contributed by atoms with Crippen molar-refractivity contribution in [2.24, 2.45) is 0 Å². The minimum atomic E-state index is -3.51. The van der Waals surface area contributed by atoms with Gasteiger partial charge in [-0.3, -0.25) is 0 Å². The third-order valence-corrected chi connectivity index (χ3v) is 4.77. The molecule has 2 N–H and O–H groups in total. The monoisotopic (exact) mass is 301 g/mol. The number of aromatic amines is 1. The topological polar surface area (TPSA) is 74.8 Å². The van der Waals surface area contributed by atoms with Crippen molar-refractivity contribution in [3.8, 4) is 0 Å². The predicted molar refractivity (Wildman–Crippen MR) is 83.0 cm³/mol. The first-order chi connectivity index (χ1) is 10.1. The second-order valence-electron chi connectivity index (χ2n) is 4.73. The molecule has 0 radical (unpaired) electrons. The average molecular weight is 301 g/mol. The molecule has 0 saturated carbocycles. The molecule has 1 heterocycles. The van der Waals surface area contributed by atoms with Crippen molar-refractivity contribution in [1.29, 1.82) is 0 Å². The number of H-pyrrole nitrogens is 1. The van der Waals surface area contributed by atoms with Crippen molar-refractivity contribution >= 4 is 26.6 Å². The van der Waals surface area contributed by atoms with Gasteiger partial charge in [0, 0.05) is 12.7 Å². The Morgan fingerprint density at radius 1 is 1.10 bits per heavy atom. The van der Waals surface area contributed by atoms with Gasteiger partial charge in [0.25, 0.3) is 0 Å². The summed E-state index contributed by atoms with van der Waals surface area (Å²) in [5.74, 6) is -0.0934. The average Bonchev–Trinajstić information content (AvgIpc) is 2.92. The molecule has 0 atom stereocenters. The number of fused-ring (bicyclic) bond motifs is 1. The molecule has 0 amide bonds. The Morgan fingerprint density at radius 3 is 2.57 bits per heavy atom. The Hall–Kier alpha value is -2.34. The Balaban J connectivity index is 2.00. The largest absolute Gasteiger partial charge is 0.388 e. The van der Waals surface area contributed by atoms with Crippen molar-refractivity contribution in [2.75, 3.05) is 12.4 Å². The van der Waals surface area contributed by atoms with Crippen molar-refractivity contribution < 1.29 is 8.42 Å². The highest BCUT2D eigenvalue weighted by molar-refractivity contribution is 7.90. The van der Waals surface area contributed by atoms with Gasteiger partial charge in [0.15, 0.2) is 0 Å². The van der Waals surface area contributed by atoms with E-state index in [2.05, 4.69) is 15.3 Å². The van der Waals surface area contributed by atoms with E-state index >= 15 is 0 Å². The molecule has 0 fully saturated rings. The molecule has 0 saturated heterocycles. The fraction of sp³-hybridized carbons (Fsp3) is 0.133. The number of benzene rings is 2. The summed E-state index contributed by atoms with van der Waals surface area (Å²) in [7, 11) is -1.74. The number of sulfone groups is 1. The van der Waals surface area contributed by atoms with Crippen molar-refractivity contribution in [2.45, 2.75) is 10.9 Å². The lowest BCUT2D eigenvalue weighted by Crippen LogP contribution is -2.08. The maximum Gasteiger partial charge on any atom is 0.226 e. The number of rotatable bonds is 4. The molecule has 0 aliphatic carbocycles. The SMILES string of the molecule is CNc1ccccc1CS(=O)(=O)c1nc2ccccc2[nH]1. The summed E-state index contributed by atoms with van der Waals surface area (Å²) in [6.07, 6.45) is 0. The zero-order chi connectivity index (χ0) is 14.9. The molecule has 0 aliphatic heterocycles. The third kappa shape index (κ3) is 2.62. The summed E-state index contributed by atoms with van der Waals surface area (Å²) in [5.41, 5.74) is 2.90. The van der Waals surface area contributed by atoms with Crippen LogP contribution in [-0.2, 0) is 15.6 Å². The van der Waals surface area contributed by atoms with Gasteiger partial charge in [-0.1, -0.05) is 30.3 Å². The van der Waals surface area contributed by atoms with Crippen molar-refractivity contribution in [3.63, 3.8) is 0 Å². The van der Waals surface area contributed by atoms with Crippen LogP contribution in [0.4, 0.5) is 5.69 Å². The Labute approximate surface area is 123 Å². The zero-order valence-corrected chi connectivity index (χ0v) is 12.3. The summed E-state index contributed by atoms with van der Waals surface area (Å²) in [6, 6.07) is 14.6. The highest BCUT2D eigenvalue weighted by Gasteiger charge is 2.21. The molecular formula is C15H15N3O2S. The number of hydrogen-bond acceptors (Lipinski definition) is 4. The molecule has 6 heteroatoms. The quantitative estimate of drug-likeness (QED) is 0.776. The number of nitrogens with one attached hydrogen (secondary N) is 2. The molecular weight excluding hydrogens is 286 g/mol. The Morgan fingerprint density at radius 2 is 1.81 bits per heavy atom. The molecule has 21 heavy (non-hydrogen) atoms. The zero-order valence-electron chi connectivity index (χ0n) is 11.5. The Kier molecular flexibility index (Phi) is 3.39. The number of hydrogen-bond donors (Lipinski definition) is 2. The van der Waals surface area contributed by atoms with Gasteiger partial charge in [-0.05, 0) is 23.8 Å². The Bertz CT molecular complexity index is 852. The number of imidazole rings is 1. The summed E-state index contributed by atoms with van der Waals surface area (Å²) >= 11 is 0. The van der Waals surface area contributed by atoms with Crippen LogP contribution in [0.2, 0.25) is 0 Å². The fourth-order valence-electron chi connectivity index (χ4n) is 2.24. The number of para-hydroxylation sites is 3. The molecule has 108 valence electrons. The van der Waals surface area contributed by atoms with Crippen molar-refractivity contribution in [1.82, 2.24) is 9.97 Å². The van der Waals surface area contributed by atoms with E-state index in [0.29, 0.717) is 5.52 Å². The van der Waals surface area contributed by atoms with Crippen LogP contribution in [0.1, 0.15) is 5.56 Å². The van der Waals surface area contributed by atoms with Gasteiger partial charge in [0.05, 0.1) is 16.8 Å². The van der Waals surface area contributed by atoms with E-state index in [1.54, 1.807) is 19.2 Å². The van der Waals surface area contributed by atoms with E-state index in [9.17, 15) is 8.42 Å². The number of aromatic nitrogens is 2. The standard InChI is InChI=1S/C15H15N3O2S/c1-16-12-7-3-2-6-11(12)10-21(19,20)15-17-13-8-4-5-9-14(13)18-15/h2-9,16H,10H2,1H3,(H,17,18). The maximum atomic E-state index is 12.5. The number of nitrogens with zero attached hydrogens (tertiary/aromatic N) is 1. The first-order valence-corrected chi connectivity index (χ1v) is 8.18. The lowest BCUT2D eigenvalue weighted by molar-refractivity contribution is 0.588. The predicted octanol–water partition coefficient (Wildman–Crippen LogP) is 2.58. The second kappa shape index (κ2) is 5.21. The van der Waals surface area contributed by atoms with Crippen LogP contribution < -0.4 is 5.32 Å². The van der Waals surface area contributed by atoms with E-state index in [4.69, 9.17) is 0 Å². The van der Waals surface area contributed by atoms with E-state index in [1.807, 2.05) is 36.4 Å². The summed E-state index contributed by atoms with van der Waals surface area (Å²) < 4.78 is 25.0. The van der Waals surface area contributed by atoms with Gasteiger partial charge >= 0.3 is 0 Å². The third-order valence-electron chi connectivity index (χ3n) is 3.29. The minimum Gasteiger partial charge on any atom is -0.388 e. The smallest absolute Gasteiger partial charge is 0.226 e. The molecule has 5 nitrogen and oxygen atoms in total. The lowest BCUT2D eigenvalue weighted by atomic mass is 10.2. The summed E-state index contributed by atoms with van der Waals surface area (Å²) in [6.45, 7) is 0. The molecule has 1 aromatic heterocycles. The van der Waals surface area contributed by atoms with Crippen molar-refractivity contribution in [3.05, 3.63) is 54.1 Å². The van der Waals surface area contributed by atoms with Gasteiger partial charge in [-0.2, -0.15) is 0 Å². The minimum absolute atomic E-state index is 0.00889. The summed E-state index contributed by atoms with van der Waals surface area (Å²) in [5, 5.41) is 3.01. The molecule has 0 aliphatic rings. The van der Waals surface area contributed by atoms with Crippen LogP contribution in [0.15, 0.2) is 53.7 Å². The first kappa shape index (κ1) is 13.6. The van der Waals surface area contributed by atoms with Gasteiger partial charge in [0.2, 0.25) is 15.0 Å². The van der Waals surface area contributed by atoms with Crippen LogP contribution in [0.5, 0.6) is 0 Å². The van der Waals surface area contributed by atoms with Crippen LogP contribution in [-0.4, -0.2) is 25.4 Å². The normalized spacial score (nSPS) is 11.7. The fourth-order valence-corrected chi connectivity index (χ4v) is 3.54. The van der Waals surface area contributed by atoms with Crippen LogP contribution in [0.25, 0.3) is 11.0 Å². The molecule has 0 bridgehead atoms. The first-order valence-electron chi connectivity index (χ1n) is 6.53. The van der Waals surface area contributed by atoms with Crippen LogP contribution in [0, 0.1) is 0 Å². The van der Waals surface area contributed by atoms with E-state index < -0.39 is 9.84 Å². The molecule has 0 unspecified atom stereocenters. The van der Waals surface area contributed by atoms with Gasteiger partial charge in [0.1, 0.15) is 0 Å².